The Bertz CT molecular complexity index is 1360. The molecule has 2 aromatic heterocycles. The molecule has 0 radical (unpaired) electrons. The molecular formula is C22H16BrN3O3. The number of fused-ring (bicyclic) bond motifs is 2. The van der Waals surface area contributed by atoms with Gasteiger partial charge in [-0.15, -0.1) is 5.06 Å². The monoisotopic (exact) mass is 449 g/mol. The molecule has 2 aromatic carbocycles. The first-order valence-corrected chi connectivity index (χ1v) is 9.97. The number of aryl methyl sites for hydroxylation is 1. The van der Waals surface area contributed by atoms with E-state index in [4.69, 9.17) is 0 Å². The van der Waals surface area contributed by atoms with E-state index in [1.54, 1.807) is 6.20 Å². The zero-order valence-corrected chi connectivity index (χ0v) is 17.0. The van der Waals surface area contributed by atoms with Gasteiger partial charge in [0.1, 0.15) is 0 Å². The highest BCUT2D eigenvalue weighted by atomic mass is 79.9. The second-order valence-electron chi connectivity index (χ2n) is 6.91. The average molecular weight is 450 g/mol. The van der Waals surface area contributed by atoms with E-state index in [0.29, 0.717) is 11.1 Å². The molecule has 0 bridgehead atoms. The Morgan fingerprint density at radius 1 is 1.00 bits per heavy atom. The van der Waals surface area contributed by atoms with Gasteiger partial charge in [0.25, 0.3) is 11.8 Å². The van der Waals surface area contributed by atoms with Crippen molar-refractivity contribution < 1.29 is 14.8 Å². The molecule has 1 aliphatic rings. The van der Waals surface area contributed by atoms with E-state index in [1.807, 2.05) is 60.2 Å². The van der Waals surface area contributed by atoms with E-state index in [0.717, 1.165) is 32.8 Å². The van der Waals surface area contributed by atoms with Crippen LogP contribution in [0.15, 0.2) is 59.3 Å². The number of carbonyl (C=O) groups is 2. The number of benzene rings is 2. The topological polar surface area (TPSA) is 78.3 Å². The third-order valence-electron chi connectivity index (χ3n) is 5.37. The average Bonchev–Trinajstić information content (AvgIpc) is 3.36. The van der Waals surface area contributed by atoms with Gasteiger partial charge >= 0.3 is 0 Å². The number of hydrogen-bond acceptors (Lipinski definition) is 3. The van der Waals surface area contributed by atoms with Crippen molar-refractivity contribution in [2.75, 3.05) is 0 Å². The highest BCUT2D eigenvalue weighted by Crippen LogP contribution is 2.40. The number of halogens is 1. The molecule has 4 aromatic rings. The van der Waals surface area contributed by atoms with Crippen molar-refractivity contribution in [1.29, 1.82) is 0 Å². The molecule has 0 aliphatic carbocycles. The maximum absolute atomic E-state index is 12.9. The highest BCUT2D eigenvalue weighted by Gasteiger charge is 2.41. The maximum atomic E-state index is 12.9. The number of aromatic amines is 1. The molecule has 0 fully saturated rings. The van der Waals surface area contributed by atoms with Crippen LogP contribution in [0.5, 0.6) is 0 Å². The Morgan fingerprint density at radius 3 is 2.48 bits per heavy atom. The van der Waals surface area contributed by atoms with Crippen LogP contribution in [-0.2, 0) is 16.1 Å². The van der Waals surface area contributed by atoms with Crippen LogP contribution in [0.3, 0.4) is 0 Å². The molecule has 3 heterocycles. The van der Waals surface area contributed by atoms with Crippen LogP contribution in [0.25, 0.3) is 33.0 Å². The van der Waals surface area contributed by atoms with Crippen molar-refractivity contribution in [2.45, 2.75) is 13.5 Å². The first-order valence-electron chi connectivity index (χ1n) is 9.18. The molecule has 2 N–H and O–H groups in total. The van der Waals surface area contributed by atoms with Crippen LogP contribution in [0.2, 0.25) is 0 Å². The largest absolute Gasteiger partial charge is 0.361 e. The van der Waals surface area contributed by atoms with Crippen molar-refractivity contribution >= 4 is 60.7 Å². The fraction of sp³-hybridized carbons (Fsp3) is 0.0909. The molecule has 2 amide bonds. The van der Waals surface area contributed by atoms with Crippen molar-refractivity contribution in [2.24, 2.45) is 0 Å². The van der Waals surface area contributed by atoms with Gasteiger partial charge in [0.2, 0.25) is 0 Å². The first kappa shape index (κ1) is 17.9. The van der Waals surface area contributed by atoms with Crippen LogP contribution in [0.4, 0.5) is 0 Å². The number of imide groups is 1. The number of nitrogens with zero attached hydrogens (tertiary/aromatic N) is 2. The lowest BCUT2D eigenvalue weighted by Gasteiger charge is -2.03. The van der Waals surface area contributed by atoms with E-state index in [1.165, 1.54) is 0 Å². The number of hydroxylamine groups is 2. The Morgan fingerprint density at radius 2 is 1.72 bits per heavy atom. The Labute approximate surface area is 174 Å². The van der Waals surface area contributed by atoms with Gasteiger partial charge in [0, 0.05) is 56.3 Å². The van der Waals surface area contributed by atoms with Crippen LogP contribution in [0.1, 0.15) is 18.1 Å². The van der Waals surface area contributed by atoms with Crippen LogP contribution in [-0.4, -0.2) is 31.6 Å². The second-order valence-corrected chi connectivity index (χ2v) is 7.83. The molecule has 0 saturated heterocycles. The van der Waals surface area contributed by atoms with Crippen LogP contribution in [0, 0.1) is 0 Å². The quantitative estimate of drug-likeness (QED) is 0.355. The summed E-state index contributed by atoms with van der Waals surface area (Å²) in [6, 6.07) is 13.4. The SMILES string of the molecule is CCn1cc(C2=C(c3c[nH]c4cc(Br)ccc34)C(=O)N(O)C2=O)c2ccccc21. The Balaban J connectivity index is 1.86. The molecule has 0 spiro atoms. The fourth-order valence-corrected chi connectivity index (χ4v) is 4.39. The lowest BCUT2D eigenvalue weighted by Crippen LogP contribution is -2.27. The van der Waals surface area contributed by atoms with E-state index in [-0.39, 0.29) is 16.2 Å². The van der Waals surface area contributed by atoms with Crippen molar-refractivity contribution in [3.05, 3.63) is 70.5 Å². The van der Waals surface area contributed by atoms with Gasteiger partial charge in [0.05, 0.1) is 11.1 Å². The summed E-state index contributed by atoms with van der Waals surface area (Å²) in [5.74, 6) is -1.43. The second kappa shape index (κ2) is 6.43. The zero-order valence-electron chi connectivity index (χ0n) is 15.4. The van der Waals surface area contributed by atoms with Crippen LogP contribution >= 0.6 is 15.9 Å². The molecule has 7 heteroatoms. The van der Waals surface area contributed by atoms with E-state index < -0.39 is 11.8 Å². The summed E-state index contributed by atoms with van der Waals surface area (Å²) in [6.07, 6.45) is 3.57. The molecule has 0 unspecified atom stereocenters. The Hall–Kier alpha value is -3.16. The maximum Gasteiger partial charge on any atom is 0.286 e. The van der Waals surface area contributed by atoms with E-state index in [2.05, 4.69) is 20.9 Å². The number of amides is 2. The summed E-state index contributed by atoms with van der Waals surface area (Å²) in [5.41, 5.74) is 3.43. The number of aromatic nitrogens is 2. The third kappa shape index (κ3) is 2.51. The molecule has 144 valence electrons. The predicted octanol–water partition coefficient (Wildman–Crippen LogP) is 4.57. The number of rotatable bonds is 3. The zero-order chi connectivity index (χ0) is 20.3. The fourth-order valence-electron chi connectivity index (χ4n) is 4.03. The van der Waals surface area contributed by atoms with Gasteiger partial charge in [0.15, 0.2) is 0 Å². The number of hydrogen-bond donors (Lipinski definition) is 2. The minimum absolute atomic E-state index is 0.199. The predicted molar refractivity (Wildman–Crippen MR) is 114 cm³/mol. The van der Waals surface area contributed by atoms with Crippen molar-refractivity contribution in [3.8, 4) is 0 Å². The van der Waals surface area contributed by atoms with E-state index >= 15 is 0 Å². The summed E-state index contributed by atoms with van der Waals surface area (Å²) in [6.45, 7) is 2.73. The smallest absolute Gasteiger partial charge is 0.286 e. The van der Waals surface area contributed by atoms with E-state index in [9.17, 15) is 14.8 Å². The number of H-pyrrole nitrogens is 1. The molecule has 6 nitrogen and oxygen atoms in total. The molecule has 0 saturated carbocycles. The Kier molecular flexibility index (Phi) is 3.97. The van der Waals surface area contributed by atoms with Gasteiger partial charge in [-0.3, -0.25) is 14.8 Å². The van der Waals surface area contributed by atoms with Gasteiger partial charge in [-0.1, -0.05) is 40.2 Å². The minimum atomic E-state index is -0.720. The molecule has 5 rings (SSSR count). The summed E-state index contributed by atoms with van der Waals surface area (Å²) in [7, 11) is 0. The van der Waals surface area contributed by atoms with Gasteiger partial charge in [-0.05, 0) is 25.1 Å². The third-order valence-corrected chi connectivity index (χ3v) is 5.87. The number of nitrogens with one attached hydrogen (secondary N) is 1. The first-order chi connectivity index (χ1) is 14.0. The summed E-state index contributed by atoms with van der Waals surface area (Å²) in [4.78, 5) is 29.0. The summed E-state index contributed by atoms with van der Waals surface area (Å²) < 4.78 is 2.93. The molecule has 0 atom stereocenters. The van der Waals surface area contributed by atoms with Gasteiger partial charge in [-0.2, -0.15) is 0 Å². The lowest BCUT2D eigenvalue weighted by molar-refractivity contribution is -0.168. The standard InChI is InChI=1S/C22H16BrN3O3/c1-2-25-11-16(14-5-3-4-6-18(14)25)20-19(21(27)26(29)22(20)28)15-10-24-17-9-12(23)7-8-13(15)17/h3-11,24,29H,2H2,1H3. The normalized spacial score (nSPS) is 14.8. The van der Waals surface area contributed by atoms with Crippen molar-refractivity contribution in [3.63, 3.8) is 0 Å². The lowest BCUT2D eigenvalue weighted by atomic mass is 9.95. The van der Waals surface area contributed by atoms with Crippen molar-refractivity contribution in [1.82, 2.24) is 14.6 Å². The number of para-hydroxylation sites is 1. The van der Waals surface area contributed by atoms with Crippen LogP contribution < -0.4 is 0 Å². The molecule has 29 heavy (non-hydrogen) atoms. The molecule has 1 aliphatic heterocycles. The van der Waals surface area contributed by atoms with Gasteiger partial charge in [-0.25, -0.2) is 0 Å². The molecular weight excluding hydrogens is 434 g/mol. The summed E-state index contributed by atoms with van der Waals surface area (Å²) in [5, 5.41) is 12.1. The minimum Gasteiger partial charge on any atom is -0.361 e. The summed E-state index contributed by atoms with van der Waals surface area (Å²) >= 11 is 3.44. The van der Waals surface area contributed by atoms with Gasteiger partial charge < -0.3 is 9.55 Å². The number of carbonyl (C=O) groups excluding carboxylic acids is 2. The highest BCUT2D eigenvalue weighted by molar-refractivity contribution is 9.10.